The number of nitro benzene ring substituents is 1. The van der Waals surface area contributed by atoms with Crippen LogP contribution in [0.15, 0.2) is 51.8 Å². The van der Waals surface area contributed by atoms with Crippen molar-refractivity contribution in [1.29, 1.82) is 0 Å². The molecule has 0 amide bonds. The molecule has 2 aromatic carbocycles. The van der Waals surface area contributed by atoms with Crippen LogP contribution in [0.25, 0.3) is 0 Å². The van der Waals surface area contributed by atoms with Crippen LogP contribution < -0.4 is 4.72 Å². The Morgan fingerprint density at radius 1 is 1.14 bits per heavy atom. The monoisotopic (exact) mass is 390 g/mol. The molecule has 0 saturated heterocycles. The molecule has 2 aromatic rings. The predicted octanol–water partition coefficient (Wildman–Crippen LogP) is 3.81. The molecule has 2 rings (SSSR count). The fourth-order valence-corrected chi connectivity index (χ4v) is 3.71. The summed E-state index contributed by atoms with van der Waals surface area (Å²) in [6, 6.07) is 9.56. The summed E-state index contributed by atoms with van der Waals surface area (Å²) >= 11 is 8.80. The van der Waals surface area contributed by atoms with Crippen molar-refractivity contribution in [3.05, 3.63) is 62.1 Å². The zero-order chi connectivity index (χ0) is 15.6. The van der Waals surface area contributed by atoms with Gasteiger partial charge in [0.2, 0.25) is 0 Å². The average molecular weight is 392 g/mol. The van der Waals surface area contributed by atoms with E-state index in [1.54, 1.807) is 0 Å². The summed E-state index contributed by atoms with van der Waals surface area (Å²) in [5.41, 5.74) is -0.00696. The summed E-state index contributed by atoms with van der Waals surface area (Å²) in [5, 5.41) is 11.2. The topological polar surface area (TPSA) is 89.3 Å². The van der Waals surface area contributed by atoms with E-state index >= 15 is 0 Å². The highest BCUT2D eigenvalue weighted by Crippen LogP contribution is 2.28. The van der Waals surface area contributed by atoms with Gasteiger partial charge in [-0.25, -0.2) is 8.42 Å². The summed E-state index contributed by atoms with van der Waals surface area (Å²) in [6.07, 6.45) is 0. The second kappa shape index (κ2) is 6.00. The lowest BCUT2D eigenvalue weighted by Crippen LogP contribution is -2.13. The van der Waals surface area contributed by atoms with Gasteiger partial charge in [0, 0.05) is 27.3 Å². The van der Waals surface area contributed by atoms with Crippen molar-refractivity contribution < 1.29 is 13.3 Å². The smallest absolute Gasteiger partial charge is 0.270 e. The number of hydrogen-bond donors (Lipinski definition) is 1. The number of nitrogens with zero attached hydrogens (tertiary/aromatic N) is 1. The summed E-state index contributed by atoms with van der Waals surface area (Å²) in [4.78, 5) is 9.87. The molecule has 21 heavy (non-hydrogen) atoms. The molecule has 0 bridgehead atoms. The van der Waals surface area contributed by atoms with Crippen LogP contribution in [0.3, 0.4) is 0 Å². The summed E-state index contributed by atoms with van der Waals surface area (Å²) in [6.45, 7) is 0. The standard InChI is InChI=1S/C12H8BrClN2O4S/c13-11-6-5-10(16(17)18)7-12(11)21(19,20)15-9-3-1-8(14)2-4-9/h1-7,15H. The molecular formula is C12H8BrClN2O4S. The Labute approximate surface area is 134 Å². The normalized spacial score (nSPS) is 11.1. The van der Waals surface area contributed by atoms with E-state index in [2.05, 4.69) is 20.7 Å². The summed E-state index contributed by atoms with van der Waals surface area (Å²) < 4.78 is 27.1. The van der Waals surface area contributed by atoms with Gasteiger partial charge in [0.1, 0.15) is 4.90 Å². The number of nitrogens with one attached hydrogen (secondary N) is 1. The van der Waals surface area contributed by atoms with Crippen molar-refractivity contribution in [3.63, 3.8) is 0 Å². The van der Waals surface area contributed by atoms with Gasteiger partial charge in [-0.05, 0) is 46.3 Å². The maximum absolute atomic E-state index is 12.3. The minimum absolute atomic E-state index is 0.216. The molecule has 6 nitrogen and oxygen atoms in total. The van der Waals surface area contributed by atoms with E-state index in [1.165, 1.54) is 36.4 Å². The lowest BCUT2D eigenvalue weighted by molar-refractivity contribution is -0.385. The maximum atomic E-state index is 12.3. The third-order valence-corrected chi connectivity index (χ3v) is 5.14. The van der Waals surface area contributed by atoms with Crippen molar-refractivity contribution in [2.24, 2.45) is 0 Å². The molecule has 0 atom stereocenters. The molecule has 0 aliphatic heterocycles. The SMILES string of the molecule is O=[N+]([O-])c1ccc(Br)c(S(=O)(=O)Nc2ccc(Cl)cc2)c1. The van der Waals surface area contributed by atoms with Crippen molar-refractivity contribution in [1.82, 2.24) is 0 Å². The van der Waals surface area contributed by atoms with Gasteiger partial charge in [-0.3, -0.25) is 14.8 Å². The summed E-state index contributed by atoms with van der Waals surface area (Å²) in [5.74, 6) is 0. The van der Waals surface area contributed by atoms with Crippen molar-refractivity contribution >= 4 is 48.9 Å². The van der Waals surface area contributed by atoms with Gasteiger partial charge >= 0.3 is 0 Å². The number of rotatable bonds is 4. The first-order valence-corrected chi connectivity index (χ1v) is 8.17. The van der Waals surface area contributed by atoms with Crippen LogP contribution in [0.2, 0.25) is 5.02 Å². The first kappa shape index (κ1) is 15.7. The highest BCUT2D eigenvalue weighted by molar-refractivity contribution is 9.10. The van der Waals surface area contributed by atoms with E-state index in [0.29, 0.717) is 10.7 Å². The van der Waals surface area contributed by atoms with Gasteiger partial charge in [0.25, 0.3) is 15.7 Å². The molecule has 9 heteroatoms. The quantitative estimate of drug-likeness (QED) is 0.634. The van der Waals surface area contributed by atoms with E-state index in [0.717, 1.165) is 6.07 Å². The lowest BCUT2D eigenvalue weighted by atomic mass is 10.3. The Morgan fingerprint density at radius 2 is 1.76 bits per heavy atom. The van der Waals surface area contributed by atoms with E-state index in [9.17, 15) is 18.5 Å². The molecule has 0 saturated carbocycles. The van der Waals surface area contributed by atoms with Crippen molar-refractivity contribution in [2.75, 3.05) is 4.72 Å². The lowest BCUT2D eigenvalue weighted by Gasteiger charge is -2.09. The third-order valence-electron chi connectivity index (χ3n) is 2.51. The van der Waals surface area contributed by atoms with Crippen LogP contribution in [0.5, 0.6) is 0 Å². The Kier molecular flexibility index (Phi) is 4.50. The number of anilines is 1. The zero-order valence-electron chi connectivity index (χ0n) is 10.3. The molecule has 0 aliphatic carbocycles. The van der Waals surface area contributed by atoms with Crippen LogP contribution in [0, 0.1) is 10.1 Å². The molecule has 0 radical (unpaired) electrons. The highest BCUT2D eigenvalue weighted by atomic mass is 79.9. The molecule has 0 heterocycles. The second-order valence-electron chi connectivity index (χ2n) is 3.98. The Bertz CT molecular complexity index is 793. The minimum Gasteiger partial charge on any atom is -0.280 e. The summed E-state index contributed by atoms with van der Waals surface area (Å²) in [7, 11) is -3.96. The first-order chi connectivity index (χ1) is 9.79. The van der Waals surface area contributed by atoms with Crippen LogP contribution in [-0.4, -0.2) is 13.3 Å². The predicted molar refractivity (Wildman–Crippen MR) is 83.1 cm³/mol. The fraction of sp³-hybridized carbons (Fsp3) is 0. The molecule has 110 valence electrons. The van der Waals surface area contributed by atoms with Gasteiger partial charge in [-0.2, -0.15) is 0 Å². The average Bonchev–Trinajstić information content (AvgIpc) is 2.41. The fourth-order valence-electron chi connectivity index (χ4n) is 1.54. The van der Waals surface area contributed by atoms with Crippen LogP contribution in [0.4, 0.5) is 11.4 Å². The Balaban J connectivity index is 2.41. The minimum atomic E-state index is -3.96. The zero-order valence-corrected chi connectivity index (χ0v) is 13.4. The van der Waals surface area contributed by atoms with Gasteiger partial charge < -0.3 is 0 Å². The highest BCUT2D eigenvalue weighted by Gasteiger charge is 2.21. The molecular weight excluding hydrogens is 384 g/mol. The molecule has 0 aromatic heterocycles. The third kappa shape index (κ3) is 3.72. The van der Waals surface area contributed by atoms with E-state index < -0.39 is 14.9 Å². The number of benzene rings is 2. The van der Waals surface area contributed by atoms with E-state index in [-0.39, 0.29) is 15.1 Å². The number of hydrogen-bond acceptors (Lipinski definition) is 4. The van der Waals surface area contributed by atoms with Gasteiger partial charge in [-0.1, -0.05) is 11.6 Å². The number of sulfonamides is 1. The molecule has 0 fully saturated rings. The van der Waals surface area contributed by atoms with E-state index in [1.807, 2.05) is 0 Å². The van der Waals surface area contributed by atoms with Gasteiger partial charge in [0.05, 0.1) is 4.92 Å². The Hall–Kier alpha value is -1.64. The maximum Gasteiger partial charge on any atom is 0.270 e. The number of nitro groups is 1. The molecule has 0 aliphatic rings. The number of non-ortho nitro benzene ring substituents is 1. The number of halogens is 2. The van der Waals surface area contributed by atoms with E-state index in [4.69, 9.17) is 11.6 Å². The second-order valence-corrected chi connectivity index (χ2v) is 6.93. The van der Waals surface area contributed by atoms with Gasteiger partial charge in [-0.15, -0.1) is 0 Å². The van der Waals surface area contributed by atoms with Crippen LogP contribution in [0.1, 0.15) is 0 Å². The van der Waals surface area contributed by atoms with Gasteiger partial charge in [0.15, 0.2) is 0 Å². The molecule has 0 unspecified atom stereocenters. The molecule has 0 spiro atoms. The van der Waals surface area contributed by atoms with Crippen molar-refractivity contribution in [3.8, 4) is 0 Å². The van der Waals surface area contributed by atoms with Crippen LogP contribution in [-0.2, 0) is 10.0 Å². The molecule has 1 N–H and O–H groups in total. The van der Waals surface area contributed by atoms with Crippen molar-refractivity contribution in [2.45, 2.75) is 4.90 Å². The Morgan fingerprint density at radius 3 is 2.33 bits per heavy atom. The first-order valence-electron chi connectivity index (χ1n) is 5.52. The van der Waals surface area contributed by atoms with Crippen LogP contribution >= 0.6 is 27.5 Å². The largest absolute Gasteiger partial charge is 0.280 e.